The monoisotopic (exact) mass is 349 g/mol. The number of hydrogen-bond acceptors (Lipinski definition) is 0. The van der Waals surface area contributed by atoms with Gasteiger partial charge in [0.1, 0.15) is 8.80 Å². The van der Waals surface area contributed by atoms with Gasteiger partial charge in [-0.15, -0.1) is 24.8 Å². The Morgan fingerprint density at radius 2 is 1.81 bits per heavy atom. The van der Waals surface area contributed by atoms with Gasteiger partial charge >= 0.3 is 0 Å². The Morgan fingerprint density at radius 3 is 2.25 bits per heavy atom. The Kier molecular flexibility index (Phi) is 10.3. The van der Waals surface area contributed by atoms with Crippen molar-refractivity contribution in [3.63, 3.8) is 0 Å². The fraction of sp³-hybridized carbons (Fsp3) is 0.333. The van der Waals surface area contributed by atoms with E-state index >= 15 is 0 Å². The number of allylic oxidation sites excluding steroid dienone is 8. The molecule has 0 amide bonds. The first kappa shape index (κ1) is 19.0. The van der Waals surface area contributed by atoms with Crippen LogP contribution in [0.4, 0.5) is 0 Å². The molecule has 0 bridgehead atoms. The largest absolute Gasteiger partial charge is 0.147 e. The molecule has 0 unspecified atom stereocenters. The van der Waals surface area contributed by atoms with Crippen LogP contribution in [0.1, 0.15) is 19.8 Å². The first-order valence-electron chi connectivity index (χ1n) is 4.85. The summed E-state index contributed by atoms with van der Waals surface area (Å²) in [4.78, 5) is 0. The third-order valence-corrected chi connectivity index (χ3v) is 5.71. The second-order valence-electron chi connectivity index (χ2n) is 3.72. The molecule has 87 valence electrons. The summed E-state index contributed by atoms with van der Waals surface area (Å²) in [6.45, 7) is 4.67. The molecule has 0 aromatic rings. The van der Waals surface area contributed by atoms with Crippen molar-refractivity contribution in [1.29, 1.82) is 0 Å². The number of hydrogen-bond donors (Lipinski definition) is 0. The Bertz CT molecular complexity index is 343. The minimum Gasteiger partial charge on any atom is -0.147 e. The molecule has 0 aromatic heterocycles. The molecule has 16 heavy (non-hydrogen) atoms. The fourth-order valence-electron chi connectivity index (χ4n) is 1.98. The molecule has 0 N–H and O–H groups in total. The first-order valence-corrected chi connectivity index (χ1v) is 6.85. The maximum Gasteiger partial charge on any atom is 0.108 e. The molecule has 0 saturated heterocycles. The van der Waals surface area contributed by atoms with Gasteiger partial charge in [0.2, 0.25) is 0 Å². The minimum atomic E-state index is -0.378. The van der Waals surface area contributed by atoms with E-state index in [1.165, 1.54) is 18.4 Å². The standard InChI is InChI=1S/C12H15Si.2ClH.Zr/c1-10-6-5-9-12(10)13(2)11-7-3-4-8-11;;;/h3-7H,8-9H2,1-2H3;2*1H;. The summed E-state index contributed by atoms with van der Waals surface area (Å²) in [7, 11) is -0.378. The molecule has 0 atom stereocenters. The van der Waals surface area contributed by atoms with E-state index in [-0.39, 0.29) is 59.8 Å². The Balaban J connectivity index is 0. The average Bonchev–Trinajstić information content (AvgIpc) is 2.72. The summed E-state index contributed by atoms with van der Waals surface area (Å²) < 4.78 is 0. The summed E-state index contributed by atoms with van der Waals surface area (Å²) in [6, 6.07) is 0. The van der Waals surface area contributed by atoms with Gasteiger partial charge in [-0.3, -0.25) is 0 Å². The van der Waals surface area contributed by atoms with Gasteiger partial charge in [0.05, 0.1) is 0 Å². The van der Waals surface area contributed by atoms with Crippen LogP contribution in [-0.2, 0) is 26.2 Å². The van der Waals surface area contributed by atoms with Crippen molar-refractivity contribution >= 4 is 33.6 Å². The van der Waals surface area contributed by atoms with E-state index in [0.717, 1.165) is 0 Å². The van der Waals surface area contributed by atoms with Gasteiger partial charge in [-0.25, -0.2) is 0 Å². The van der Waals surface area contributed by atoms with Crippen LogP contribution in [0.15, 0.2) is 46.3 Å². The van der Waals surface area contributed by atoms with Gasteiger partial charge in [0.15, 0.2) is 0 Å². The van der Waals surface area contributed by atoms with Crippen molar-refractivity contribution in [2.45, 2.75) is 26.3 Å². The molecule has 0 heterocycles. The second-order valence-corrected chi connectivity index (χ2v) is 6.21. The molecule has 0 spiro atoms. The number of rotatable bonds is 2. The molecule has 0 fully saturated rings. The molecular weight excluding hydrogens is 334 g/mol. The van der Waals surface area contributed by atoms with Crippen LogP contribution < -0.4 is 0 Å². The van der Waals surface area contributed by atoms with Gasteiger partial charge in [0, 0.05) is 26.2 Å². The van der Waals surface area contributed by atoms with Crippen molar-refractivity contribution in [3.05, 3.63) is 46.3 Å². The smallest absolute Gasteiger partial charge is 0.108 e. The van der Waals surface area contributed by atoms with E-state index in [1.54, 1.807) is 10.4 Å². The van der Waals surface area contributed by atoms with Gasteiger partial charge < -0.3 is 0 Å². The van der Waals surface area contributed by atoms with Crippen LogP contribution in [0, 0.1) is 0 Å². The zero-order chi connectivity index (χ0) is 9.26. The summed E-state index contributed by atoms with van der Waals surface area (Å²) in [5.41, 5.74) is 1.52. The molecule has 4 heteroatoms. The van der Waals surface area contributed by atoms with Gasteiger partial charge in [-0.05, 0) is 19.8 Å². The van der Waals surface area contributed by atoms with E-state index in [9.17, 15) is 0 Å². The fourth-order valence-corrected chi connectivity index (χ4v) is 4.24. The maximum atomic E-state index is 2.43. The van der Waals surface area contributed by atoms with Crippen molar-refractivity contribution < 1.29 is 26.2 Å². The molecule has 2 aliphatic rings. The van der Waals surface area contributed by atoms with Crippen LogP contribution in [0.3, 0.4) is 0 Å². The topological polar surface area (TPSA) is 0 Å². The summed E-state index contributed by atoms with van der Waals surface area (Å²) in [6.07, 6.45) is 13.7. The Labute approximate surface area is 132 Å². The SMILES string of the molecule is CC1=C([Si](C)C2=CC=CC2)CC=C1.Cl.Cl.[Zr]. The zero-order valence-electron chi connectivity index (χ0n) is 9.62. The Hall–Kier alpha value is 0.640. The van der Waals surface area contributed by atoms with Crippen molar-refractivity contribution in [1.82, 2.24) is 0 Å². The second kappa shape index (κ2) is 8.69. The molecule has 2 aliphatic carbocycles. The van der Waals surface area contributed by atoms with Crippen LogP contribution in [-0.4, -0.2) is 8.80 Å². The molecular formula is C12H17Cl2SiZr. The van der Waals surface area contributed by atoms with Crippen LogP contribution >= 0.6 is 24.8 Å². The van der Waals surface area contributed by atoms with E-state index in [2.05, 4.69) is 43.9 Å². The van der Waals surface area contributed by atoms with Crippen LogP contribution in [0.2, 0.25) is 6.55 Å². The molecule has 0 saturated carbocycles. The zero-order valence-corrected chi connectivity index (χ0v) is 14.7. The van der Waals surface area contributed by atoms with Gasteiger partial charge in [-0.2, -0.15) is 0 Å². The summed E-state index contributed by atoms with van der Waals surface area (Å²) in [5, 5.41) is 3.38. The Morgan fingerprint density at radius 1 is 1.12 bits per heavy atom. The van der Waals surface area contributed by atoms with Gasteiger partial charge in [-0.1, -0.05) is 52.9 Å². The van der Waals surface area contributed by atoms with Crippen molar-refractivity contribution in [2.24, 2.45) is 0 Å². The summed E-state index contributed by atoms with van der Waals surface area (Å²) >= 11 is 0. The molecule has 0 aliphatic heterocycles. The minimum absolute atomic E-state index is 0. The van der Waals surface area contributed by atoms with Crippen LogP contribution in [0.25, 0.3) is 0 Å². The molecule has 2 rings (SSSR count). The molecule has 1 radical (unpaired) electrons. The quantitative estimate of drug-likeness (QED) is 0.654. The average molecular weight is 351 g/mol. The molecule has 0 aromatic carbocycles. The van der Waals surface area contributed by atoms with E-state index in [4.69, 9.17) is 0 Å². The third kappa shape index (κ3) is 4.14. The predicted molar refractivity (Wildman–Crippen MR) is 74.4 cm³/mol. The van der Waals surface area contributed by atoms with Crippen molar-refractivity contribution in [3.8, 4) is 0 Å². The van der Waals surface area contributed by atoms with Crippen molar-refractivity contribution in [2.75, 3.05) is 0 Å². The number of halogens is 2. The van der Waals surface area contributed by atoms with E-state index in [1.807, 2.05) is 0 Å². The van der Waals surface area contributed by atoms with E-state index < -0.39 is 0 Å². The normalized spacial score (nSPS) is 16.8. The van der Waals surface area contributed by atoms with E-state index in [0.29, 0.717) is 0 Å². The molecule has 0 nitrogen and oxygen atoms in total. The first-order chi connectivity index (χ1) is 6.29. The third-order valence-electron chi connectivity index (χ3n) is 2.87. The summed E-state index contributed by atoms with van der Waals surface area (Å²) in [5.74, 6) is 0. The maximum absolute atomic E-state index is 2.43. The predicted octanol–water partition coefficient (Wildman–Crippen LogP) is 4.19. The van der Waals surface area contributed by atoms with Crippen LogP contribution in [0.5, 0.6) is 0 Å². The van der Waals surface area contributed by atoms with Gasteiger partial charge in [0.25, 0.3) is 0 Å².